The number of benzene rings is 1. The van der Waals surface area contributed by atoms with Crippen molar-refractivity contribution in [3.8, 4) is 11.1 Å². The van der Waals surface area contributed by atoms with Gasteiger partial charge in [0.2, 0.25) is 0 Å². The molecule has 0 saturated heterocycles. The summed E-state index contributed by atoms with van der Waals surface area (Å²) in [5.74, 6) is 1.09. The van der Waals surface area contributed by atoms with Gasteiger partial charge in [-0.2, -0.15) is 5.10 Å². The van der Waals surface area contributed by atoms with Gasteiger partial charge in [-0.1, -0.05) is 57.0 Å². The maximum atomic E-state index is 13.2. The van der Waals surface area contributed by atoms with Crippen molar-refractivity contribution in [2.75, 3.05) is 0 Å². The van der Waals surface area contributed by atoms with E-state index >= 15 is 0 Å². The van der Waals surface area contributed by atoms with Gasteiger partial charge >= 0.3 is 0 Å². The van der Waals surface area contributed by atoms with E-state index < -0.39 is 0 Å². The van der Waals surface area contributed by atoms with E-state index in [0.717, 1.165) is 24.0 Å². The predicted octanol–water partition coefficient (Wildman–Crippen LogP) is 4.10. The molecule has 3 aromatic heterocycles. The van der Waals surface area contributed by atoms with Crippen LogP contribution in [0.4, 0.5) is 0 Å². The second-order valence-corrected chi connectivity index (χ2v) is 7.96. The number of nitrogens with zero attached hydrogens (tertiary/aromatic N) is 5. The molecule has 4 aromatic rings. The van der Waals surface area contributed by atoms with Crippen LogP contribution < -0.4 is 5.56 Å². The Bertz CT molecular complexity index is 1210. The number of fused-ring (bicyclic) bond motifs is 3. The van der Waals surface area contributed by atoms with Crippen LogP contribution in [0.1, 0.15) is 39.2 Å². The average Bonchev–Trinajstić information content (AvgIpc) is 3.16. The van der Waals surface area contributed by atoms with Crippen molar-refractivity contribution >= 4 is 16.7 Å². The summed E-state index contributed by atoms with van der Waals surface area (Å²) in [6.45, 7) is 4.53. The molecule has 3 heterocycles. The van der Waals surface area contributed by atoms with Gasteiger partial charge in [0.1, 0.15) is 5.52 Å². The third-order valence-corrected chi connectivity index (χ3v) is 6.40. The van der Waals surface area contributed by atoms with Gasteiger partial charge in [0, 0.05) is 17.8 Å². The fraction of sp³-hybridized carbons (Fsp3) is 0.364. The minimum atomic E-state index is -0.0744. The zero-order valence-electron chi connectivity index (χ0n) is 16.1. The molecule has 1 saturated carbocycles. The molecule has 1 aliphatic carbocycles. The first-order chi connectivity index (χ1) is 13.6. The summed E-state index contributed by atoms with van der Waals surface area (Å²) in [7, 11) is 0. The zero-order valence-corrected chi connectivity index (χ0v) is 16.1. The molecule has 0 N–H and O–H groups in total. The molecule has 0 aliphatic heterocycles. The highest BCUT2D eigenvalue weighted by Crippen LogP contribution is 2.37. The molecule has 142 valence electrons. The number of pyridine rings is 1. The summed E-state index contributed by atoms with van der Waals surface area (Å²) in [6, 6.07) is 12.2. The van der Waals surface area contributed by atoms with Crippen molar-refractivity contribution in [2.24, 2.45) is 11.8 Å². The first kappa shape index (κ1) is 17.1. The fourth-order valence-electron chi connectivity index (χ4n) is 4.54. The molecule has 1 aliphatic rings. The van der Waals surface area contributed by atoms with E-state index in [1.807, 2.05) is 47.2 Å². The summed E-state index contributed by atoms with van der Waals surface area (Å²) in [5, 5.41) is 13.2. The number of hydrogen-bond acceptors (Lipinski definition) is 4. The van der Waals surface area contributed by atoms with Crippen molar-refractivity contribution in [2.45, 2.75) is 39.2 Å². The largest absolute Gasteiger partial charge is 0.310 e. The topological polar surface area (TPSA) is 65.1 Å². The Labute approximate surface area is 162 Å². The average molecular weight is 373 g/mol. The first-order valence-corrected chi connectivity index (χ1v) is 9.96. The van der Waals surface area contributed by atoms with E-state index in [0.29, 0.717) is 28.5 Å². The molecule has 0 bridgehead atoms. The molecule has 28 heavy (non-hydrogen) atoms. The smallest absolute Gasteiger partial charge is 0.280 e. The van der Waals surface area contributed by atoms with Crippen LogP contribution in [0.2, 0.25) is 0 Å². The van der Waals surface area contributed by atoms with E-state index in [1.54, 1.807) is 10.7 Å². The van der Waals surface area contributed by atoms with Crippen LogP contribution >= 0.6 is 0 Å². The van der Waals surface area contributed by atoms with Gasteiger partial charge in [-0.05, 0) is 29.9 Å². The van der Waals surface area contributed by atoms with Gasteiger partial charge in [0.25, 0.3) is 5.56 Å². The Morgan fingerprint density at radius 2 is 1.86 bits per heavy atom. The minimum absolute atomic E-state index is 0.0744. The summed E-state index contributed by atoms with van der Waals surface area (Å²) < 4.78 is 3.59. The van der Waals surface area contributed by atoms with Gasteiger partial charge in [0.05, 0.1) is 6.20 Å². The van der Waals surface area contributed by atoms with Crippen molar-refractivity contribution in [3.05, 3.63) is 59.1 Å². The van der Waals surface area contributed by atoms with Crippen molar-refractivity contribution in [3.63, 3.8) is 0 Å². The molecule has 1 fully saturated rings. The lowest BCUT2D eigenvalue weighted by molar-refractivity contribution is 0.183. The Morgan fingerprint density at radius 3 is 2.68 bits per heavy atom. The molecular formula is C22H23N5O. The summed E-state index contributed by atoms with van der Waals surface area (Å²) in [5.41, 5.74) is 3.61. The van der Waals surface area contributed by atoms with Gasteiger partial charge in [-0.15, -0.1) is 10.2 Å². The fourth-order valence-corrected chi connectivity index (χ4v) is 4.54. The van der Waals surface area contributed by atoms with E-state index in [2.05, 4.69) is 29.1 Å². The van der Waals surface area contributed by atoms with Crippen LogP contribution in [0.25, 0.3) is 27.8 Å². The zero-order chi connectivity index (χ0) is 19.3. The van der Waals surface area contributed by atoms with Crippen molar-refractivity contribution in [1.29, 1.82) is 0 Å². The molecule has 0 amide bonds. The molecule has 0 unspecified atom stereocenters. The van der Waals surface area contributed by atoms with E-state index in [1.165, 1.54) is 6.42 Å². The summed E-state index contributed by atoms with van der Waals surface area (Å²) in [6.07, 6.45) is 7.12. The van der Waals surface area contributed by atoms with Crippen LogP contribution in [0.3, 0.4) is 0 Å². The van der Waals surface area contributed by atoms with Gasteiger partial charge in [-0.3, -0.25) is 4.79 Å². The lowest BCUT2D eigenvalue weighted by atomic mass is 9.78. The second kappa shape index (κ2) is 6.55. The molecule has 6 nitrogen and oxygen atoms in total. The lowest BCUT2D eigenvalue weighted by Gasteiger charge is -2.35. The Balaban J connectivity index is 1.67. The molecule has 3 atom stereocenters. The third-order valence-electron chi connectivity index (χ3n) is 6.40. The highest BCUT2D eigenvalue weighted by molar-refractivity contribution is 5.82. The minimum Gasteiger partial charge on any atom is -0.310 e. The maximum absolute atomic E-state index is 13.2. The molecule has 6 heteroatoms. The SMILES string of the molecule is C[C@@H]1[C@@H](C)CCC[C@@H]1n1ccc2c(nnc3c(-c4ccccc4)cnn32)c1=O. The second-order valence-electron chi connectivity index (χ2n) is 7.96. The normalized spacial score (nSPS) is 22.7. The van der Waals surface area contributed by atoms with Crippen LogP contribution in [-0.4, -0.2) is 24.4 Å². The molecule has 1 aromatic carbocycles. The quantitative estimate of drug-likeness (QED) is 0.530. The van der Waals surface area contributed by atoms with E-state index in [-0.39, 0.29) is 11.6 Å². The number of rotatable bonds is 2. The van der Waals surface area contributed by atoms with Crippen molar-refractivity contribution < 1.29 is 0 Å². The Kier molecular flexibility index (Phi) is 4.00. The van der Waals surface area contributed by atoms with Gasteiger partial charge < -0.3 is 4.57 Å². The van der Waals surface area contributed by atoms with Crippen molar-refractivity contribution in [1.82, 2.24) is 24.4 Å². The van der Waals surface area contributed by atoms with E-state index in [4.69, 9.17) is 0 Å². The standard InChI is InChI=1S/C22H23N5O/c1-14-7-6-10-18(15(14)2)26-12-11-19-20(22(26)28)24-25-21-17(13-23-27(19)21)16-8-4-3-5-9-16/h3-5,8-9,11-15,18H,6-7,10H2,1-2H3/t14-,15+,18-/m0/s1. The Hall–Kier alpha value is -3.02. The van der Waals surface area contributed by atoms with Crippen LogP contribution in [-0.2, 0) is 0 Å². The highest BCUT2D eigenvalue weighted by Gasteiger charge is 2.29. The first-order valence-electron chi connectivity index (χ1n) is 9.96. The maximum Gasteiger partial charge on any atom is 0.280 e. The van der Waals surface area contributed by atoms with Crippen LogP contribution in [0.5, 0.6) is 0 Å². The summed E-state index contributed by atoms with van der Waals surface area (Å²) in [4.78, 5) is 13.2. The Morgan fingerprint density at radius 1 is 1.04 bits per heavy atom. The van der Waals surface area contributed by atoms with Gasteiger partial charge in [-0.25, -0.2) is 4.52 Å². The molecular weight excluding hydrogens is 350 g/mol. The van der Waals surface area contributed by atoms with Gasteiger partial charge in [0.15, 0.2) is 11.2 Å². The summed E-state index contributed by atoms with van der Waals surface area (Å²) >= 11 is 0. The number of aromatic nitrogens is 5. The van der Waals surface area contributed by atoms with E-state index in [9.17, 15) is 4.79 Å². The monoisotopic (exact) mass is 373 g/mol. The highest BCUT2D eigenvalue weighted by atomic mass is 16.1. The molecule has 0 spiro atoms. The molecule has 5 rings (SSSR count). The number of hydrogen-bond donors (Lipinski definition) is 0. The predicted molar refractivity (Wildman–Crippen MR) is 109 cm³/mol. The third kappa shape index (κ3) is 2.55. The molecule has 0 radical (unpaired) electrons. The lowest BCUT2D eigenvalue weighted by Crippen LogP contribution is -2.34. The van der Waals surface area contributed by atoms with Crippen LogP contribution in [0, 0.1) is 11.8 Å². The van der Waals surface area contributed by atoms with Crippen LogP contribution in [0.15, 0.2) is 53.6 Å².